The highest BCUT2D eigenvalue weighted by molar-refractivity contribution is 8.69. The van der Waals surface area contributed by atoms with Gasteiger partial charge in [0.2, 0.25) is 10.0 Å². The summed E-state index contributed by atoms with van der Waals surface area (Å²) >= 11 is 6.46. The van der Waals surface area contributed by atoms with Crippen LogP contribution in [0.4, 0.5) is 21.6 Å². The van der Waals surface area contributed by atoms with E-state index in [0.717, 1.165) is 0 Å². The van der Waals surface area contributed by atoms with Crippen LogP contribution in [0.5, 0.6) is 11.5 Å². The number of sulfonamides is 1. The molecule has 2 unspecified atom stereocenters. The number of hydrogen-bond donors (Lipinski definition) is 2. The molecule has 0 amide bonds. The van der Waals surface area contributed by atoms with Crippen LogP contribution in [0.15, 0.2) is 60.9 Å². The van der Waals surface area contributed by atoms with Crippen molar-refractivity contribution in [2.24, 2.45) is 0 Å². The minimum Gasteiger partial charge on any atom is -0.492 e. The lowest BCUT2D eigenvalue weighted by molar-refractivity contribution is 0.306. The number of nitrogens with zero attached hydrogens (tertiary/aromatic N) is 2. The van der Waals surface area contributed by atoms with E-state index in [1.54, 1.807) is 49.4 Å². The average molecular weight is 637 g/mol. The van der Waals surface area contributed by atoms with Crippen molar-refractivity contribution in [3.05, 3.63) is 77.3 Å². The first-order valence-corrected chi connectivity index (χ1v) is 17.3. The fourth-order valence-electron chi connectivity index (χ4n) is 4.21. The molecule has 0 spiro atoms. The quantitative estimate of drug-likeness (QED) is 0.189. The van der Waals surface area contributed by atoms with Gasteiger partial charge in [-0.25, -0.2) is 27.0 Å². The van der Waals surface area contributed by atoms with Crippen molar-refractivity contribution in [1.82, 2.24) is 9.97 Å². The van der Waals surface area contributed by atoms with E-state index in [2.05, 4.69) is 20.0 Å². The summed E-state index contributed by atoms with van der Waals surface area (Å²) in [5.41, 5.74) is 2.03. The van der Waals surface area contributed by atoms with Gasteiger partial charge in [-0.05, 0) is 55.3 Å². The van der Waals surface area contributed by atoms with Gasteiger partial charge in [-0.1, -0.05) is 34.5 Å². The lowest BCUT2D eigenvalue weighted by Crippen LogP contribution is -2.26. The summed E-state index contributed by atoms with van der Waals surface area (Å²) in [5, 5.41) is 3.64. The lowest BCUT2D eigenvalue weighted by Gasteiger charge is -2.17. The Hall–Kier alpha value is -3.13. The van der Waals surface area contributed by atoms with Crippen LogP contribution in [0.1, 0.15) is 18.9 Å². The van der Waals surface area contributed by atoms with Crippen LogP contribution < -0.4 is 19.5 Å². The zero-order valence-electron chi connectivity index (χ0n) is 21.8. The van der Waals surface area contributed by atoms with Crippen LogP contribution in [-0.4, -0.2) is 46.0 Å². The zero-order valence-corrected chi connectivity index (χ0v) is 25.0. The highest BCUT2D eigenvalue weighted by Crippen LogP contribution is 2.36. The third-order valence-corrected chi connectivity index (χ3v) is 11.6. The highest BCUT2D eigenvalue weighted by Gasteiger charge is 2.30. The summed E-state index contributed by atoms with van der Waals surface area (Å²) in [6.45, 7) is 2.26. The number of nitrogens with one attached hydrogen (secondary N) is 2. The Morgan fingerprint density at radius 1 is 1.12 bits per heavy atom. The minimum atomic E-state index is -3.82. The maximum absolute atomic E-state index is 13.5. The van der Waals surface area contributed by atoms with E-state index in [4.69, 9.17) is 21.1 Å². The van der Waals surface area contributed by atoms with Crippen LogP contribution in [-0.2, 0) is 26.5 Å². The summed E-state index contributed by atoms with van der Waals surface area (Å²) in [4.78, 5) is 8.68. The van der Waals surface area contributed by atoms with Gasteiger partial charge in [-0.2, -0.15) is 0 Å². The smallest absolute Gasteiger partial charge is 0.234 e. The Balaban J connectivity index is 1.38. The Bertz CT molecular complexity index is 1710. The van der Waals surface area contributed by atoms with Crippen molar-refractivity contribution in [3.8, 4) is 11.5 Å². The second-order valence-corrected chi connectivity index (χ2v) is 14.8. The van der Waals surface area contributed by atoms with Gasteiger partial charge in [0.1, 0.15) is 36.1 Å². The van der Waals surface area contributed by atoms with Crippen molar-refractivity contribution < 1.29 is 26.5 Å². The molecule has 2 N–H and O–H groups in total. The molecule has 216 valence electrons. The molecule has 14 heteroatoms. The second kappa shape index (κ2) is 12.8. The molecule has 1 aliphatic heterocycles. The van der Waals surface area contributed by atoms with E-state index in [9.17, 15) is 17.0 Å². The van der Waals surface area contributed by atoms with Crippen molar-refractivity contribution in [2.45, 2.75) is 25.2 Å². The number of fused-ring (bicyclic) bond motifs is 1. The number of hydrogen-bond acceptors (Lipinski definition) is 9. The Morgan fingerprint density at radius 3 is 2.71 bits per heavy atom. The summed E-state index contributed by atoms with van der Waals surface area (Å²) in [6, 6.07) is 14.5. The first kappa shape index (κ1) is 29.4. The van der Waals surface area contributed by atoms with E-state index in [-0.39, 0.29) is 23.9 Å². The van der Waals surface area contributed by atoms with Gasteiger partial charge in [-0.3, -0.25) is 4.72 Å². The molecule has 5 rings (SSSR count). The van der Waals surface area contributed by atoms with Crippen LogP contribution in [0.3, 0.4) is 0 Å². The summed E-state index contributed by atoms with van der Waals surface area (Å²) in [5.74, 6) is 1.23. The maximum Gasteiger partial charge on any atom is 0.234 e. The second-order valence-electron chi connectivity index (χ2n) is 9.09. The number of halogens is 2. The molecule has 1 aromatic heterocycles. The molecule has 1 fully saturated rings. The molecule has 2 heterocycles. The molecule has 9 nitrogen and oxygen atoms in total. The van der Waals surface area contributed by atoms with Crippen LogP contribution in [0.25, 0.3) is 10.9 Å². The largest absolute Gasteiger partial charge is 0.492 e. The molecule has 4 aromatic rings. The van der Waals surface area contributed by atoms with Crippen molar-refractivity contribution in [1.29, 1.82) is 0 Å². The van der Waals surface area contributed by atoms with Gasteiger partial charge in [0.15, 0.2) is 0 Å². The predicted molar refractivity (Wildman–Crippen MR) is 163 cm³/mol. The van der Waals surface area contributed by atoms with Crippen LogP contribution in [0, 0.1) is 5.82 Å². The van der Waals surface area contributed by atoms with Crippen molar-refractivity contribution >= 4 is 70.3 Å². The third kappa shape index (κ3) is 7.39. The van der Waals surface area contributed by atoms with E-state index < -0.39 is 25.1 Å². The standard InChI is InChI=1S/C27H26ClFN4O5S3/c1-2-37-26-13-23-21(12-24(26)33-41(35,36)15-20-8-9-39-40(20)34)27(31-16-30-23)32-19-6-7-25(22(28)11-19)38-14-17-4-3-5-18(29)10-17/h3-7,10-13,16,20,33H,2,8-9,14-15H2,1H3,(H,30,31,32). The molecule has 2 atom stereocenters. The molecule has 1 aliphatic rings. The van der Waals surface area contributed by atoms with Crippen LogP contribution >= 0.6 is 22.4 Å². The van der Waals surface area contributed by atoms with Gasteiger partial charge in [0.25, 0.3) is 0 Å². The van der Waals surface area contributed by atoms with Gasteiger partial charge < -0.3 is 14.8 Å². The molecule has 0 bridgehead atoms. The first-order valence-electron chi connectivity index (χ1n) is 12.6. The number of aromatic nitrogens is 2. The fourth-order valence-corrected chi connectivity index (χ4v) is 10.0. The SMILES string of the molecule is CCOc1cc2ncnc(Nc3ccc(OCc4cccc(F)c4)c(Cl)c3)c2cc1NS(=O)(=O)CC1CCSS1=O. The number of ether oxygens (including phenoxy) is 2. The minimum absolute atomic E-state index is 0.150. The van der Waals surface area contributed by atoms with Crippen molar-refractivity contribution in [3.63, 3.8) is 0 Å². The van der Waals surface area contributed by atoms with Gasteiger partial charge in [-0.15, -0.1) is 0 Å². The summed E-state index contributed by atoms with van der Waals surface area (Å²) in [6.07, 6.45) is 1.96. The molecule has 0 aliphatic carbocycles. The van der Waals surface area contributed by atoms with Crippen molar-refractivity contribution in [2.75, 3.05) is 28.2 Å². The molecule has 41 heavy (non-hydrogen) atoms. The summed E-state index contributed by atoms with van der Waals surface area (Å²) in [7, 11) is -3.79. The molecular weight excluding hydrogens is 611 g/mol. The Kier molecular flexibility index (Phi) is 9.17. The van der Waals surface area contributed by atoms with Gasteiger partial charge in [0.05, 0.1) is 43.7 Å². The number of benzene rings is 3. The highest BCUT2D eigenvalue weighted by atomic mass is 35.5. The lowest BCUT2D eigenvalue weighted by atomic mass is 10.2. The maximum atomic E-state index is 13.5. The fraction of sp³-hybridized carbons (Fsp3) is 0.259. The molecule has 0 radical (unpaired) electrons. The number of rotatable bonds is 11. The van der Waals surface area contributed by atoms with E-state index in [1.807, 2.05) is 0 Å². The first-order chi connectivity index (χ1) is 19.7. The van der Waals surface area contributed by atoms with Crippen LogP contribution in [0.2, 0.25) is 5.02 Å². The molecule has 0 saturated carbocycles. The summed E-state index contributed by atoms with van der Waals surface area (Å²) < 4.78 is 65.6. The topological polar surface area (TPSA) is 120 Å². The van der Waals surface area contributed by atoms with Gasteiger partial charge in [0, 0.05) is 22.9 Å². The van der Waals surface area contributed by atoms with E-state index in [1.165, 1.54) is 29.3 Å². The Morgan fingerprint density at radius 2 is 1.98 bits per heavy atom. The van der Waals surface area contributed by atoms with E-state index >= 15 is 0 Å². The Labute approximate surface area is 248 Å². The molecule has 1 saturated heterocycles. The number of anilines is 3. The monoisotopic (exact) mass is 636 g/mol. The normalized spacial score (nSPS) is 17.0. The third-order valence-electron chi connectivity index (χ3n) is 6.10. The average Bonchev–Trinajstić information content (AvgIpc) is 3.32. The molecular formula is C27H26ClFN4O5S3. The zero-order chi connectivity index (χ0) is 29.0. The van der Waals surface area contributed by atoms with E-state index in [0.29, 0.717) is 63.3 Å². The molecule has 3 aromatic carbocycles. The van der Waals surface area contributed by atoms with Gasteiger partial charge >= 0.3 is 0 Å². The predicted octanol–water partition coefficient (Wildman–Crippen LogP) is 6.05.